The average Bonchev–Trinajstić information content (AvgIpc) is 1.98. The van der Waals surface area contributed by atoms with Crippen molar-refractivity contribution in [3.63, 3.8) is 0 Å². The second-order valence-corrected chi connectivity index (χ2v) is 2.83. The summed E-state index contributed by atoms with van der Waals surface area (Å²) in [4.78, 5) is 10.6. The summed E-state index contributed by atoms with van der Waals surface area (Å²) in [5.74, 6) is -0.919. The molecule has 0 fully saturated rings. The van der Waals surface area contributed by atoms with Gasteiger partial charge in [-0.15, -0.1) is 0 Å². The molecule has 0 spiro atoms. The monoisotopic (exact) mass is 172 g/mol. The molecule has 4 nitrogen and oxygen atoms in total. The first kappa shape index (κ1) is 11.0. The number of aliphatic carboxylic acids is 1. The Kier molecular flexibility index (Phi) is 4.36. The van der Waals surface area contributed by atoms with E-state index in [-0.39, 0.29) is 11.9 Å². The van der Waals surface area contributed by atoms with E-state index in [4.69, 9.17) is 5.11 Å². The van der Waals surface area contributed by atoms with Gasteiger partial charge >= 0.3 is 5.97 Å². The summed E-state index contributed by atoms with van der Waals surface area (Å²) < 4.78 is 0. The number of carbonyl (C=O) groups is 1. The Morgan fingerprint density at radius 3 is 2.17 bits per heavy atom. The Labute approximate surface area is 72.7 Å². The van der Waals surface area contributed by atoms with Crippen molar-refractivity contribution in [3.05, 3.63) is 11.3 Å². The summed E-state index contributed by atoms with van der Waals surface area (Å²) >= 11 is 0. The third kappa shape index (κ3) is 3.39. The van der Waals surface area contributed by atoms with Crippen LogP contribution in [0.15, 0.2) is 11.3 Å². The van der Waals surface area contributed by atoms with Gasteiger partial charge in [-0.25, -0.2) is 4.79 Å². The first-order valence-corrected chi connectivity index (χ1v) is 3.83. The van der Waals surface area contributed by atoms with Crippen LogP contribution in [0.4, 0.5) is 0 Å². The van der Waals surface area contributed by atoms with Gasteiger partial charge in [-0.3, -0.25) is 0 Å². The Balaban J connectivity index is 4.37. The van der Waals surface area contributed by atoms with Gasteiger partial charge in [0, 0.05) is 0 Å². The molecule has 3 N–H and O–H groups in total. The maximum atomic E-state index is 10.6. The van der Waals surface area contributed by atoms with E-state index >= 15 is 0 Å². The lowest BCUT2D eigenvalue weighted by Crippen LogP contribution is -2.39. The molecule has 12 heavy (non-hydrogen) atoms. The van der Waals surface area contributed by atoms with Crippen LogP contribution >= 0.6 is 0 Å². The van der Waals surface area contributed by atoms with Crippen LogP contribution < -0.4 is 10.6 Å². The predicted molar refractivity (Wildman–Crippen MR) is 47.7 cm³/mol. The number of carboxylic acids is 1. The smallest absolute Gasteiger partial charge is 0.351 e. The van der Waals surface area contributed by atoms with Crippen LogP contribution in [0.5, 0.6) is 0 Å². The molecule has 4 heteroatoms. The molecule has 0 radical (unpaired) electrons. The van der Waals surface area contributed by atoms with Gasteiger partial charge in [0.15, 0.2) is 0 Å². The molecule has 0 saturated carbocycles. The van der Waals surface area contributed by atoms with Crippen LogP contribution in [0.25, 0.3) is 0 Å². The van der Waals surface area contributed by atoms with Gasteiger partial charge < -0.3 is 15.7 Å². The van der Waals surface area contributed by atoms with Gasteiger partial charge in [0.1, 0.15) is 5.70 Å². The summed E-state index contributed by atoms with van der Waals surface area (Å²) in [6.07, 6.45) is -0.0361. The van der Waals surface area contributed by atoms with Crippen LogP contribution in [-0.2, 0) is 4.79 Å². The number of rotatable bonds is 4. The third-order valence-electron chi connectivity index (χ3n) is 1.51. The minimum absolute atomic E-state index is 0.0361. The van der Waals surface area contributed by atoms with Gasteiger partial charge in [0.25, 0.3) is 0 Å². The summed E-state index contributed by atoms with van der Waals surface area (Å²) in [6, 6.07) is 0. The fourth-order valence-electron chi connectivity index (χ4n) is 0.709. The quantitative estimate of drug-likeness (QED) is 0.427. The van der Waals surface area contributed by atoms with Gasteiger partial charge in [-0.2, -0.15) is 0 Å². The van der Waals surface area contributed by atoms with Crippen molar-refractivity contribution in [2.45, 2.75) is 26.9 Å². The van der Waals surface area contributed by atoms with E-state index in [0.717, 1.165) is 5.57 Å². The highest BCUT2D eigenvalue weighted by atomic mass is 16.4. The second-order valence-electron chi connectivity index (χ2n) is 2.83. The Morgan fingerprint density at radius 1 is 1.42 bits per heavy atom. The molecule has 0 heterocycles. The van der Waals surface area contributed by atoms with Crippen LogP contribution in [0.3, 0.4) is 0 Å². The van der Waals surface area contributed by atoms with Crippen molar-refractivity contribution in [1.29, 1.82) is 0 Å². The Morgan fingerprint density at radius 2 is 1.92 bits per heavy atom. The third-order valence-corrected chi connectivity index (χ3v) is 1.51. The van der Waals surface area contributed by atoms with Gasteiger partial charge in [-0.05, 0) is 33.4 Å². The molecule has 0 aliphatic carbocycles. The lowest BCUT2D eigenvalue weighted by atomic mass is 10.2. The summed E-state index contributed by atoms with van der Waals surface area (Å²) in [5.41, 5.74) is 1.03. The van der Waals surface area contributed by atoms with Crippen LogP contribution in [-0.4, -0.2) is 24.3 Å². The van der Waals surface area contributed by atoms with E-state index in [1.54, 1.807) is 20.9 Å². The molecule has 1 atom stereocenters. The molecule has 0 aliphatic rings. The predicted octanol–water partition coefficient (Wildman–Crippen LogP) is 0.520. The first-order valence-electron chi connectivity index (χ1n) is 3.83. The minimum Gasteiger partial charge on any atom is -0.477 e. The van der Waals surface area contributed by atoms with E-state index in [2.05, 4.69) is 10.6 Å². The Bertz CT molecular complexity index is 195. The van der Waals surface area contributed by atoms with E-state index in [0.29, 0.717) is 0 Å². The second kappa shape index (κ2) is 4.77. The normalized spacial score (nSPS) is 12.0. The molecule has 70 valence electrons. The van der Waals surface area contributed by atoms with E-state index in [1.165, 1.54) is 0 Å². The van der Waals surface area contributed by atoms with Crippen molar-refractivity contribution >= 4 is 5.97 Å². The van der Waals surface area contributed by atoms with E-state index < -0.39 is 5.97 Å². The fourth-order valence-corrected chi connectivity index (χ4v) is 0.709. The summed E-state index contributed by atoms with van der Waals surface area (Å²) in [5, 5.41) is 14.5. The van der Waals surface area contributed by atoms with Crippen molar-refractivity contribution in [1.82, 2.24) is 10.6 Å². The first-order chi connectivity index (χ1) is 5.49. The molecule has 0 aromatic carbocycles. The number of nitrogens with one attached hydrogen (secondary N) is 2. The minimum atomic E-state index is -0.919. The molecule has 0 aromatic rings. The molecule has 0 aliphatic heterocycles. The van der Waals surface area contributed by atoms with Crippen molar-refractivity contribution in [2.75, 3.05) is 7.05 Å². The molecule has 0 bridgehead atoms. The molecular weight excluding hydrogens is 156 g/mol. The largest absolute Gasteiger partial charge is 0.477 e. The summed E-state index contributed by atoms with van der Waals surface area (Å²) in [6.45, 7) is 5.38. The lowest BCUT2D eigenvalue weighted by molar-refractivity contribution is -0.133. The molecule has 0 amide bonds. The van der Waals surface area contributed by atoms with E-state index in [9.17, 15) is 4.79 Å². The van der Waals surface area contributed by atoms with Crippen LogP contribution in [0.2, 0.25) is 0 Å². The fraction of sp³-hybridized carbons (Fsp3) is 0.625. The zero-order valence-electron chi connectivity index (χ0n) is 7.93. The highest BCUT2D eigenvalue weighted by molar-refractivity contribution is 5.86. The van der Waals surface area contributed by atoms with Gasteiger partial charge in [-0.1, -0.05) is 0 Å². The molecule has 1 unspecified atom stereocenters. The maximum absolute atomic E-state index is 10.6. The zero-order chi connectivity index (χ0) is 9.72. The highest BCUT2D eigenvalue weighted by Gasteiger charge is 2.10. The zero-order valence-corrected chi connectivity index (χ0v) is 7.93. The standard InChI is InChI=1S/C8H16N2O2/c1-5(2)7(8(11)12)10-6(3)9-4/h6,9-10H,1-4H3,(H,11,12). The highest BCUT2D eigenvalue weighted by Crippen LogP contribution is 1.99. The number of carboxylic acid groups (broad SMARTS) is 1. The number of hydrogen-bond acceptors (Lipinski definition) is 3. The van der Waals surface area contributed by atoms with Gasteiger partial charge in [0.2, 0.25) is 0 Å². The SMILES string of the molecule is CNC(C)NC(C(=O)O)=C(C)C. The molecule has 0 saturated heterocycles. The van der Waals surface area contributed by atoms with Crippen molar-refractivity contribution in [2.24, 2.45) is 0 Å². The Hall–Kier alpha value is -1.03. The van der Waals surface area contributed by atoms with Crippen LogP contribution in [0.1, 0.15) is 20.8 Å². The average molecular weight is 172 g/mol. The number of allylic oxidation sites excluding steroid dienone is 1. The molecule has 0 aromatic heterocycles. The molecular formula is C8H16N2O2. The van der Waals surface area contributed by atoms with Gasteiger partial charge in [0.05, 0.1) is 6.17 Å². The lowest BCUT2D eigenvalue weighted by Gasteiger charge is -2.15. The van der Waals surface area contributed by atoms with Crippen LogP contribution in [0, 0.1) is 0 Å². The maximum Gasteiger partial charge on any atom is 0.351 e. The van der Waals surface area contributed by atoms with E-state index in [1.807, 2.05) is 6.92 Å². The van der Waals surface area contributed by atoms with Crippen molar-refractivity contribution < 1.29 is 9.90 Å². The van der Waals surface area contributed by atoms with Crippen molar-refractivity contribution in [3.8, 4) is 0 Å². The topological polar surface area (TPSA) is 61.4 Å². The summed E-state index contributed by atoms with van der Waals surface area (Å²) in [7, 11) is 1.77. The molecule has 0 rings (SSSR count). The number of hydrogen-bond donors (Lipinski definition) is 3.